The Morgan fingerprint density at radius 3 is 2.59 bits per heavy atom. The van der Waals surface area contributed by atoms with E-state index in [2.05, 4.69) is 10.1 Å². The quantitative estimate of drug-likeness (QED) is 0.854. The van der Waals surface area contributed by atoms with Crippen LogP contribution in [-0.4, -0.2) is 10.1 Å². The molecular weight excluding hydrogens is 261 g/mol. The Labute approximate surface area is 108 Å². The van der Waals surface area contributed by atoms with Crippen molar-refractivity contribution in [1.82, 2.24) is 10.1 Å². The Bertz CT molecular complexity index is 554. The van der Waals surface area contributed by atoms with Gasteiger partial charge < -0.3 is 4.52 Å². The van der Waals surface area contributed by atoms with E-state index in [-0.39, 0.29) is 0 Å². The molecule has 0 amide bonds. The number of aromatic nitrogens is 2. The van der Waals surface area contributed by atoms with E-state index >= 15 is 0 Å². The first kappa shape index (κ1) is 11.9. The lowest BCUT2D eigenvalue weighted by atomic mass is 10.2. The molecule has 86 valence electrons. The highest BCUT2D eigenvalue weighted by molar-refractivity contribution is 6.35. The average Bonchev–Trinajstić information content (AvgIpc) is 2.73. The van der Waals surface area contributed by atoms with Gasteiger partial charge >= 0.3 is 0 Å². The van der Waals surface area contributed by atoms with E-state index in [4.69, 9.17) is 33.0 Å². The molecule has 0 radical (unpaired) electrons. The highest BCUT2D eigenvalue weighted by Gasteiger charge is 2.09. The fourth-order valence-corrected chi connectivity index (χ4v) is 1.85. The molecule has 0 aliphatic rings. The lowest BCUT2D eigenvalue weighted by molar-refractivity contribution is 0.380. The molecular formula is C11H7Cl2N3O. The molecule has 2 rings (SSSR count). The van der Waals surface area contributed by atoms with E-state index < -0.39 is 0 Å². The molecule has 0 bridgehead atoms. The van der Waals surface area contributed by atoms with Gasteiger partial charge in [0, 0.05) is 28.5 Å². The van der Waals surface area contributed by atoms with Gasteiger partial charge in [-0.1, -0.05) is 28.4 Å². The van der Waals surface area contributed by atoms with Gasteiger partial charge in [0.15, 0.2) is 0 Å². The molecule has 1 aromatic heterocycles. The second-order valence-corrected chi connectivity index (χ2v) is 4.20. The zero-order chi connectivity index (χ0) is 12.3. The normalized spacial score (nSPS) is 10.2. The zero-order valence-corrected chi connectivity index (χ0v) is 10.2. The maximum atomic E-state index is 8.45. The van der Waals surface area contributed by atoms with Gasteiger partial charge in [-0.3, -0.25) is 0 Å². The van der Waals surface area contributed by atoms with Gasteiger partial charge in [0.05, 0.1) is 6.07 Å². The van der Waals surface area contributed by atoms with Crippen LogP contribution in [0.2, 0.25) is 10.0 Å². The van der Waals surface area contributed by atoms with Crippen LogP contribution in [0, 0.1) is 11.3 Å². The Kier molecular flexibility index (Phi) is 3.62. The van der Waals surface area contributed by atoms with Gasteiger partial charge in [-0.05, 0) is 18.2 Å². The van der Waals surface area contributed by atoms with Crippen LogP contribution in [0.15, 0.2) is 22.7 Å². The maximum absolute atomic E-state index is 8.45. The molecule has 0 aliphatic carbocycles. The molecule has 1 aromatic carbocycles. The van der Waals surface area contributed by atoms with Crippen LogP contribution in [-0.2, 0) is 6.42 Å². The SMILES string of the molecule is N#CCCc1nc(-c2cc(Cl)cc(Cl)c2)no1. The Balaban J connectivity index is 2.27. The second-order valence-electron chi connectivity index (χ2n) is 3.33. The molecule has 2 aromatic rings. The van der Waals surface area contributed by atoms with Gasteiger partial charge in [-0.25, -0.2) is 0 Å². The third kappa shape index (κ3) is 2.96. The Hall–Kier alpha value is -1.57. The molecule has 0 N–H and O–H groups in total. The van der Waals surface area contributed by atoms with Crippen molar-refractivity contribution in [3.05, 3.63) is 34.1 Å². The highest BCUT2D eigenvalue weighted by atomic mass is 35.5. The van der Waals surface area contributed by atoms with E-state index in [1.807, 2.05) is 6.07 Å². The van der Waals surface area contributed by atoms with Gasteiger partial charge in [0.2, 0.25) is 11.7 Å². The number of aryl methyl sites for hydroxylation is 1. The summed E-state index contributed by atoms with van der Waals surface area (Å²) >= 11 is 11.8. The standard InChI is InChI=1S/C11H7Cl2N3O/c12-8-4-7(5-9(13)6-8)11-15-10(17-16-11)2-1-3-14/h4-6H,1-2H2. The van der Waals surface area contributed by atoms with Crippen LogP contribution in [0.5, 0.6) is 0 Å². The molecule has 0 atom stereocenters. The maximum Gasteiger partial charge on any atom is 0.227 e. The van der Waals surface area contributed by atoms with E-state index in [9.17, 15) is 0 Å². The Morgan fingerprint density at radius 2 is 1.94 bits per heavy atom. The summed E-state index contributed by atoms with van der Waals surface area (Å²) in [5, 5.41) is 13.3. The first-order valence-corrected chi connectivity index (χ1v) is 5.60. The van der Waals surface area contributed by atoms with Crippen LogP contribution in [0.25, 0.3) is 11.4 Å². The number of nitriles is 1. The summed E-state index contributed by atoms with van der Waals surface area (Å²) in [6, 6.07) is 7.04. The summed E-state index contributed by atoms with van der Waals surface area (Å²) in [4.78, 5) is 4.15. The molecule has 0 aliphatic heterocycles. The molecule has 0 fully saturated rings. The number of rotatable bonds is 3. The predicted octanol–water partition coefficient (Wildman–Crippen LogP) is 3.50. The summed E-state index contributed by atoms with van der Waals surface area (Å²) in [5.74, 6) is 0.847. The number of benzene rings is 1. The van der Waals surface area contributed by atoms with Crippen LogP contribution in [0.4, 0.5) is 0 Å². The average molecular weight is 268 g/mol. The number of hydrogen-bond acceptors (Lipinski definition) is 4. The van der Waals surface area contributed by atoms with Gasteiger partial charge in [0.1, 0.15) is 0 Å². The highest BCUT2D eigenvalue weighted by Crippen LogP contribution is 2.25. The second kappa shape index (κ2) is 5.17. The first-order chi connectivity index (χ1) is 8.19. The van der Waals surface area contributed by atoms with Crippen molar-refractivity contribution in [1.29, 1.82) is 5.26 Å². The van der Waals surface area contributed by atoms with Crippen molar-refractivity contribution in [2.24, 2.45) is 0 Å². The predicted molar refractivity (Wildman–Crippen MR) is 63.7 cm³/mol. The van der Waals surface area contributed by atoms with Crippen molar-refractivity contribution in [3.8, 4) is 17.5 Å². The zero-order valence-electron chi connectivity index (χ0n) is 8.65. The molecule has 1 heterocycles. The smallest absolute Gasteiger partial charge is 0.227 e. The lowest BCUT2D eigenvalue weighted by Crippen LogP contribution is -1.84. The van der Waals surface area contributed by atoms with Crippen molar-refractivity contribution in [2.45, 2.75) is 12.8 Å². The summed E-state index contributed by atoms with van der Waals surface area (Å²) in [6.07, 6.45) is 0.787. The van der Waals surface area contributed by atoms with Gasteiger partial charge in [0.25, 0.3) is 0 Å². The molecule has 0 saturated carbocycles. The summed E-state index contributed by atoms with van der Waals surface area (Å²) in [6.45, 7) is 0. The van der Waals surface area contributed by atoms with Crippen LogP contribution >= 0.6 is 23.2 Å². The van der Waals surface area contributed by atoms with Crippen molar-refractivity contribution < 1.29 is 4.52 Å². The van der Waals surface area contributed by atoms with Crippen LogP contribution in [0.1, 0.15) is 12.3 Å². The number of hydrogen-bond donors (Lipinski definition) is 0. The number of nitrogens with zero attached hydrogens (tertiary/aromatic N) is 3. The fourth-order valence-electron chi connectivity index (χ4n) is 1.32. The van der Waals surface area contributed by atoms with Gasteiger partial charge in [-0.15, -0.1) is 0 Å². The molecule has 4 nitrogen and oxygen atoms in total. The molecule has 0 saturated heterocycles. The topological polar surface area (TPSA) is 62.7 Å². The third-order valence-corrected chi connectivity index (χ3v) is 2.48. The monoisotopic (exact) mass is 267 g/mol. The van der Waals surface area contributed by atoms with E-state index in [1.54, 1.807) is 18.2 Å². The van der Waals surface area contributed by atoms with Crippen LogP contribution in [0.3, 0.4) is 0 Å². The summed E-state index contributed by atoms with van der Waals surface area (Å²) < 4.78 is 5.00. The lowest BCUT2D eigenvalue weighted by Gasteiger charge is -1.96. The Morgan fingerprint density at radius 1 is 1.24 bits per heavy atom. The minimum atomic E-state index is 0.345. The van der Waals surface area contributed by atoms with Crippen LogP contribution < -0.4 is 0 Å². The third-order valence-electron chi connectivity index (χ3n) is 2.04. The number of halogens is 2. The van der Waals surface area contributed by atoms with Gasteiger partial charge in [-0.2, -0.15) is 10.2 Å². The molecule has 6 heteroatoms. The van der Waals surface area contributed by atoms with E-state index in [0.29, 0.717) is 40.2 Å². The summed E-state index contributed by atoms with van der Waals surface area (Å²) in [7, 11) is 0. The summed E-state index contributed by atoms with van der Waals surface area (Å²) in [5.41, 5.74) is 0.689. The molecule has 0 spiro atoms. The molecule has 17 heavy (non-hydrogen) atoms. The van der Waals surface area contributed by atoms with Crippen molar-refractivity contribution in [2.75, 3.05) is 0 Å². The largest absolute Gasteiger partial charge is 0.339 e. The fraction of sp³-hybridized carbons (Fsp3) is 0.182. The first-order valence-electron chi connectivity index (χ1n) is 4.85. The van der Waals surface area contributed by atoms with Crippen molar-refractivity contribution >= 4 is 23.2 Å². The van der Waals surface area contributed by atoms with Crippen molar-refractivity contribution in [3.63, 3.8) is 0 Å². The van der Waals surface area contributed by atoms with E-state index in [1.165, 1.54) is 0 Å². The molecule has 0 unspecified atom stereocenters. The minimum Gasteiger partial charge on any atom is -0.339 e. The van der Waals surface area contributed by atoms with E-state index in [0.717, 1.165) is 0 Å². The minimum absolute atomic E-state index is 0.345.